The highest BCUT2D eigenvalue weighted by Crippen LogP contribution is 2.22. The third-order valence-corrected chi connectivity index (χ3v) is 6.71. The van der Waals surface area contributed by atoms with Crippen molar-refractivity contribution in [3.05, 3.63) is 94.8 Å². The molecule has 1 heterocycles. The quantitative estimate of drug-likeness (QED) is 0.211. The average molecular weight is 504 g/mol. The van der Waals surface area contributed by atoms with Crippen molar-refractivity contribution in [2.75, 3.05) is 13.2 Å². The summed E-state index contributed by atoms with van der Waals surface area (Å²) in [6.07, 6.45) is 4.92. The summed E-state index contributed by atoms with van der Waals surface area (Å²) >= 11 is 6.10. The lowest BCUT2D eigenvalue weighted by Crippen LogP contribution is -2.25. The number of rotatable bonds is 13. The molecule has 1 N–H and O–H groups in total. The lowest BCUT2D eigenvalue weighted by Gasteiger charge is -2.11. The Morgan fingerprint density at radius 2 is 1.78 bits per heavy atom. The average Bonchev–Trinajstić information content (AvgIpc) is 3.25. The Bertz CT molecular complexity index is 1270. The molecule has 4 aromatic rings. The van der Waals surface area contributed by atoms with Gasteiger partial charge in [-0.25, -0.2) is 4.98 Å². The zero-order valence-electron chi connectivity index (χ0n) is 20.9. The SMILES string of the molecule is Cc1cc(OCCCCn2c(CCCNC(=O)CCc3ccccc3)nc3ccccc32)ccc1Cl. The fourth-order valence-corrected chi connectivity index (χ4v) is 4.42. The molecule has 188 valence electrons. The maximum absolute atomic E-state index is 12.2. The van der Waals surface area contributed by atoms with Gasteiger partial charge in [0.15, 0.2) is 0 Å². The van der Waals surface area contributed by atoms with Crippen LogP contribution in [0.1, 0.15) is 42.6 Å². The van der Waals surface area contributed by atoms with E-state index in [1.165, 1.54) is 5.56 Å². The fourth-order valence-electron chi connectivity index (χ4n) is 4.30. The number of hydrogen-bond donors (Lipinski definition) is 1. The summed E-state index contributed by atoms with van der Waals surface area (Å²) in [5.74, 6) is 2.03. The molecule has 0 aliphatic heterocycles. The van der Waals surface area contributed by atoms with Crippen LogP contribution >= 0.6 is 11.6 Å². The number of imidazole rings is 1. The first-order chi connectivity index (χ1) is 17.6. The van der Waals surface area contributed by atoms with Crippen molar-refractivity contribution in [2.45, 2.75) is 52.0 Å². The number of carbonyl (C=O) groups excluding carboxylic acids is 1. The molecule has 0 fully saturated rings. The highest BCUT2D eigenvalue weighted by molar-refractivity contribution is 6.31. The summed E-state index contributed by atoms with van der Waals surface area (Å²) in [5, 5.41) is 3.82. The number of para-hydroxylation sites is 2. The number of carbonyl (C=O) groups is 1. The van der Waals surface area contributed by atoms with Gasteiger partial charge in [0.2, 0.25) is 5.91 Å². The highest BCUT2D eigenvalue weighted by Gasteiger charge is 2.11. The van der Waals surface area contributed by atoms with Gasteiger partial charge in [0.1, 0.15) is 11.6 Å². The second-order valence-electron chi connectivity index (χ2n) is 9.07. The highest BCUT2D eigenvalue weighted by atomic mass is 35.5. The van der Waals surface area contributed by atoms with E-state index in [-0.39, 0.29) is 5.91 Å². The van der Waals surface area contributed by atoms with Crippen molar-refractivity contribution in [1.29, 1.82) is 0 Å². The van der Waals surface area contributed by atoms with E-state index in [0.717, 1.165) is 71.8 Å². The number of unbranched alkanes of at least 4 members (excludes halogenated alkanes) is 1. The zero-order chi connectivity index (χ0) is 25.2. The summed E-state index contributed by atoms with van der Waals surface area (Å²) in [6.45, 7) is 4.20. The third kappa shape index (κ3) is 7.34. The topological polar surface area (TPSA) is 56.1 Å². The lowest BCUT2D eigenvalue weighted by molar-refractivity contribution is -0.121. The van der Waals surface area contributed by atoms with Gasteiger partial charge < -0.3 is 14.6 Å². The number of hydrogen-bond acceptors (Lipinski definition) is 3. The van der Waals surface area contributed by atoms with Gasteiger partial charge in [0, 0.05) is 31.0 Å². The molecule has 0 aliphatic rings. The van der Waals surface area contributed by atoms with Crippen LogP contribution < -0.4 is 10.1 Å². The molecule has 0 saturated carbocycles. The summed E-state index contributed by atoms with van der Waals surface area (Å²) in [7, 11) is 0. The second-order valence-corrected chi connectivity index (χ2v) is 9.48. The Labute approximate surface area is 218 Å². The minimum Gasteiger partial charge on any atom is -0.494 e. The van der Waals surface area contributed by atoms with Crippen molar-refractivity contribution in [2.24, 2.45) is 0 Å². The third-order valence-electron chi connectivity index (χ3n) is 6.29. The number of nitrogens with zero attached hydrogens (tertiary/aromatic N) is 2. The number of aryl methyl sites for hydroxylation is 4. The summed E-state index contributed by atoms with van der Waals surface area (Å²) in [4.78, 5) is 17.1. The second kappa shape index (κ2) is 13.1. The Morgan fingerprint density at radius 3 is 2.61 bits per heavy atom. The Balaban J connectivity index is 1.23. The number of fused-ring (bicyclic) bond motifs is 1. The molecule has 0 bridgehead atoms. The predicted molar refractivity (Wildman–Crippen MR) is 147 cm³/mol. The van der Waals surface area contributed by atoms with Crippen LogP contribution in [0.25, 0.3) is 11.0 Å². The van der Waals surface area contributed by atoms with Crippen LogP contribution in [0.5, 0.6) is 5.75 Å². The molecule has 0 unspecified atom stereocenters. The van der Waals surface area contributed by atoms with E-state index >= 15 is 0 Å². The minimum absolute atomic E-state index is 0.100. The molecule has 0 radical (unpaired) electrons. The minimum atomic E-state index is 0.100. The molecule has 6 heteroatoms. The van der Waals surface area contributed by atoms with Gasteiger partial charge >= 0.3 is 0 Å². The monoisotopic (exact) mass is 503 g/mol. The summed E-state index contributed by atoms with van der Waals surface area (Å²) in [5.41, 5.74) is 4.40. The van der Waals surface area contributed by atoms with E-state index < -0.39 is 0 Å². The first-order valence-electron chi connectivity index (χ1n) is 12.7. The summed E-state index contributed by atoms with van der Waals surface area (Å²) < 4.78 is 8.22. The van der Waals surface area contributed by atoms with E-state index in [2.05, 4.69) is 40.2 Å². The van der Waals surface area contributed by atoms with Crippen LogP contribution in [-0.4, -0.2) is 28.6 Å². The number of nitrogens with one attached hydrogen (secondary N) is 1. The molecule has 1 amide bonds. The normalized spacial score (nSPS) is 11.1. The van der Waals surface area contributed by atoms with Crippen LogP contribution in [0.3, 0.4) is 0 Å². The molecule has 36 heavy (non-hydrogen) atoms. The number of amides is 1. The standard InChI is InChI=1S/C30H34ClN3O2/c1-23-22-25(16-17-26(23)31)36-21-8-7-20-34-28-13-6-5-12-27(28)33-29(34)14-9-19-32-30(35)18-15-24-10-3-2-4-11-24/h2-6,10-13,16-17,22H,7-9,14-15,18-21H2,1H3,(H,32,35). The first-order valence-corrected chi connectivity index (χ1v) is 13.1. The molecule has 0 aliphatic carbocycles. The van der Waals surface area contributed by atoms with Gasteiger partial charge in [-0.05, 0) is 74.1 Å². The van der Waals surface area contributed by atoms with Gasteiger partial charge in [-0.3, -0.25) is 4.79 Å². The Kier molecular flexibility index (Phi) is 9.40. The molecule has 0 saturated heterocycles. The van der Waals surface area contributed by atoms with Gasteiger partial charge in [0.05, 0.1) is 17.6 Å². The Hall–Kier alpha value is -3.31. The van der Waals surface area contributed by atoms with Crippen LogP contribution in [0, 0.1) is 6.92 Å². The van der Waals surface area contributed by atoms with Crippen molar-refractivity contribution in [1.82, 2.24) is 14.9 Å². The number of aromatic nitrogens is 2. The maximum Gasteiger partial charge on any atom is 0.220 e. The van der Waals surface area contributed by atoms with E-state index in [0.29, 0.717) is 19.6 Å². The van der Waals surface area contributed by atoms with Crippen LogP contribution in [0.15, 0.2) is 72.8 Å². The number of ether oxygens (including phenoxy) is 1. The van der Waals surface area contributed by atoms with E-state index in [1.54, 1.807) is 0 Å². The maximum atomic E-state index is 12.2. The van der Waals surface area contributed by atoms with Crippen LogP contribution in [0.2, 0.25) is 5.02 Å². The van der Waals surface area contributed by atoms with Crippen molar-refractivity contribution >= 4 is 28.5 Å². The molecule has 0 spiro atoms. The molecule has 0 atom stereocenters. The largest absolute Gasteiger partial charge is 0.494 e. The van der Waals surface area contributed by atoms with Gasteiger partial charge in [-0.15, -0.1) is 0 Å². The van der Waals surface area contributed by atoms with Gasteiger partial charge in [-0.2, -0.15) is 0 Å². The zero-order valence-corrected chi connectivity index (χ0v) is 21.6. The van der Waals surface area contributed by atoms with Gasteiger partial charge in [-0.1, -0.05) is 54.1 Å². The van der Waals surface area contributed by atoms with Gasteiger partial charge in [0.25, 0.3) is 0 Å². The van der Waals surface area contributed by atoms with Crippen LogP contribution in [-0.2, 0) is 24.2 Å². The molecule has 4 rings (SSSR count). The molecule has 1 aromatic heterocycles. The van der Waals surface area contributed by atoms with Crippen molar-refractivity contribution < 1.29 is 9.53 Å². The Morgan fingerprint density at radius 1 is 0.972 bits per heavy atom. The molecular formula is C30H34ClN3O2. The molecular weight excluding hydrogens is 470 g/mol. The number of benzene rings is 3. The van der Waals surface area contributed by atoms with Crippen molar-refractivity contribution in [3.8, 4) is 5.75 Å². The molecule has 3 aromatic carbocycles. The number of halogens is 1. The van der Waals surface area contributed by atoms with Crippen LogP contribution in [0.4, 0.5) is 0 Å². The first kappa shape index (κ1) is 25.8. The fraction of sp³-hybridized carbons (Fsp3) is 0.333. The molecule has 5 nitrogen and oxygen atoms in total. The van der Waals surface area contributed by atoms with E-state index in [9.17, 15) is 4.79 Å². The predicted octanol–water partition coefficient (Wildman–Crippen LogP) is 6.54. The van der Waals surface area contributed by atoms with Crippen molar-refractivity contribution in [3.63, 3.8) is 0 Å². The lowest BCUT2D eigenvalue weighted by atomic mass is 10.1. The van der Waals surface area contributed by atoms with E-state index in [4.69, 9.17) is 21.3 Å². The smallest absolute Gasteiger partial charge is 0.220 e. The van der Waals surface area contributed by atoms with E-state index in [1.807, 2.05) is 49.4 Å². The summed E-state index contributed by atoms with van der Waals surface area (Å²) in [6, 6.07) is 24.2.